The molecule has 31 heavy (non-hydrogen) atoms. The molecule has 2 N–H and O–H groups in total. The maximum Gasteiger partial charge on any atom is 0.143 e. The van der Waals surface area contributed by atoms with Crippen molar-refractivity contribution in [3.63, 3.8) is 0 Å². The molecule has 1 fully saturated rings. The van der Waals surface area contributed by atoms with Crippen molar-refractivity contribution in [2.75, 3.05) is 18.4 Å². The standard InChI is InChI=1S/C24H24ClFN4O/c25-21-15-28-19(12-23(31)17-5-3-9-27-14-17)11-20(21)22-7-2-8-24(30-22)29-13-16-4-1-6-18(26)10-16/h1-2,4,6-8,10-11,15,17,27H,3,5,9,12-14H2,(H,29,30)/t17-/m1/s1. The third-order valence-corrected chi connectivity index (χ3v) is 5.71. The van der Waals surface area contributed by atoms with Gasteiger partial charge in [-0.1, -0.05) is 29.8 Å². The van der Waals surface area contributed by atoms with Crippen molar-refractivity contribution in [2.45, 2.75) is 25.8 Å². The normalized spacial score (nSPS) is 16.1. The van der Waals surface area contributed by atoms with Crippen LogP contribution in [-0.2, 0) is 17.8 Å². The average Bonchev–Trinajstić information content (AvgIpc) is 2.80. The van der Waals surface area contributed by atoms with Crippen LogP contribution < -0.4 is 10.6 Å². The molecule has 4 rings (SSSR count). The zero-order valence-corrected chi connectivity index (χ0v) is 17.8. The minimum absolute atomic E-state index is 0.0446. The summed E-state index contributed by atoms with van der Waals surface area (Å²) in [7, 11) is 0. The van der Waals surface area contributed by atoms with E-state index in [9.17, 15) is 9.18 Å². The van der Waals surface area contributed by atoms with Crippen molar-refractivity contribution < 1.29 is 9.18 Å². The first kappa shape index (κ1) is 21.4. The predicted molar refractivity (Wildman–Crippen MR) is 121 cm³/mol. The lowest BCUT2D eigenvalue weighted by molar-refractivity contribution is -0.122. The zero-order valence-electron chi connectivity index (χ0n) is 17.1. The molecule has 3 heterocycles. The molecule has 1 atom stereocenters. The van der Waals surface area contributed by atoms with Gasteiger partial charge in [-0.15, -0.1) is 0 Å². The van der Waals surface area contributed by atoms with Gasteiger partial charge in [0.05, 0.1) is 10.7 Å². The number of piperidine rings is 1. The molecule has 1 aliphatic rings. The van der Waals surface area contributed by atoms with Gasteiger partial charge in [0.1, 0.15) is 17.4 Å². The van der Waals surface area contributed by atoms with E-state index in [4.69, 9.17) is 11.6 Å². The Bertz CT molecular complexity index is 1070. The van der Waals surface area contributed by atoms with Crippen molar-refractivity contribution in [3.8, 4) is 11.3 Å². The number of carbonyl (C=O) groups is 1. The van der Waals surface area contributed by atoms with E-state index in [1.165, 1.54) is 12.1 Å². The summed E-state index contributed by atoms with van der Waals surface area (Å²) in [6.45, 7) is 2.16. The maximum absolute atomic E-state index is 13.4. The molecule has 0 amide bonds. The van der Waals surface area contributed by atoms with Gasteiger partial charge in [0.25, 0.3) is 0 Å². The van der Waals surface area contributed by atoms with Crippen LogP contribution in [0.2, 0.25) is 5.02 Å². The number of carbonyl (C=O) groups excluding carboxylic acids is 1. The van der Waals surface area contributed by atoms with Crippen LogP contribution in [0.5, 0.6) is 0 Å². The molecule has 2 aromatic heterocycles. The fourth-order valence-electron chi connectivity index (χ4n) is 3.75. The largest absolute Gasteiger partial charge is 0.366 e. The Morgan fingerprint density at radius 3 is 2.90 bits per heavy atom. The van der Waals surface area contributed by atoms with E-state index in [2.05, 4.69) is 20.6 Å². The molecule has 0 saturated carbocycles. The van der Waals surface area contributed by atoms with Gasteiger partial charge in [-0.2, -0.15) is 0 Å². The minimum atomic E-state index is -0.268. The lowest BCUT2D eigenvalue weighted by Crippen LogP contribution is -2.35. The summed E-state index contributed by atoms with van der Waals surface area (Å²) in [5, 5.41) is 6.97. The van der Waals surface area contributed by atoms with E-state index in [-0.39, 0.29) is 23.9 Å². The third kappa shape index (κ3) is 5.66. The van der Waals surface area contributed by atoms with Crippen molar-refractivity contribution in [3.05, 3.63) is 76.8 Å². The van der Waals surface area contributed by atoms with Crippen LogP contribution in [-0.4, -0.2) is 28.8 Å². The summed E-state index contributed by atoms with van der Waals surface area (Å²) >= 11 is 6.40. The molecule has 1 saturated heterocycles. The molecule has 7 heteroatoms. The van der Waals surface area contributed by atoms with Gasteiger partial charge in [-0.3, -0.25) is 9.78 Å². The van der Waals surface area contributed by atoms with Crippen LogP contribution in [0.15, 0.2) is 54.7 Å². The first-order chi connectivity index (χ1) is 15.1. The number of hydrogen-bond donors (Lipinski definition) is 2. The summed E-state index contributed by atoms with van der Waals surface area (Å²) in [6.07, 6.45) is 3.81. The highest BCUT2D eigenvalue weighted by Gasteiger charge is 2.21. The Morgan fingerprint density at radius 1 is 1.23 bits per heavy atom. The van der Waals surface area contributed by atoms with E-state index < -0.39 is 0 Å². The summed E-state index contributed by atoms with van der Waals surface area (Å²) in [5.41, 5.74) is 2.93. The number of pyridine rings is 2. The lowest BCUT2D eigenvalue weighted by atomic mass is 9.92. The van der Waals surface area contributed by atoms with E-state index >= 15 is 0 Å². The number of nitrogens with zero attached hydrogens (tertiary/aromatic N) is 2. The molecule has 0 unspecified atom stereocenters. The summed E-state index contributed by atoms with van der Waals surface area (Å²) in [5.74, 6) is 0.630. The molecule has 1 aliphatic heterocycles. The predicted octanol–water partition coefficient (Wildman–Crippen LogP) is 4.66. The lowest BCUT2D eigenvalue weighted by Gasteiger charge is -2.21. The Labute approximate surface area is 186 Å². The van der Waals surface area contributed by atoms with Gasteiger partial charge in [-0.25, -0.2) is 9.37 Å². The molecule has 0 bridgehead atoms. The highest BCUT2D eigenvalue weighted by Crippen LogP contribution is 2.28. The maximum atomic E-state index is 13.4. The average molecular weight is 439 g/mol. The number of rotatable bonds is 7. The number of anilines is 1. The van der Waals surface area contributed by atoms with Gasteiger partial charge < -0.3 is 10.6 Å². The molecule has 5 nitrogen and oxygen atoms in total. The molecule has 0 aliphatic carbocycles. The fourth-order valence-corrected chi connectivity index (χ4v) is 3.95. The van der Waals surface area contributed by atoms with Crippen LogP contribution in [0.3, 0.4) is 0 Å². The number of hydrogen-bond acceptors (Lipinski definition) is 5. The minimum Gasteiger partial charge on any atom is -0.366 e. The number of halogens is 2. The van der Waals surface area contributed by atoms with Gasteiger partial charge >= 0.3 is 0 Å². The van der Waals surface area contributed by atoms with Crippen LogP contribution in [0.25, 0.3) is 11.3 Å². The third-order valence-electron chi connectivity index (χ3n) is 5.41. The second-order valence-corrected chi connectivity index (χ2v) is 8.14. The fraction of sp³-hybridized carbons (Fsp3) is 0.292. The first-order valence-corrected chi connectivity index (χ1v) is 10.8. The van der Waals surface area contributed by atoms with Gasteiger partial charge in [-0.05, 0) is 55.3 Å². The van der Waals surface area contributed by atoms with Crippen LogP contribution in [0, 0.1) is 11.7 Å². The molecule has 3 aromatic rings. The Balaban J connectivity index is 1.48. The molecule has 0 spiro atoms. The van der Waals surface area contributed by atoms with Crippen molar-refractivity contribution in [1.82, 2.24) is 15.3 Å². The second-order valence-electron chi connectivity index (χ2n) is 7.73. The van der Waals surface area contributed by atoms with Crippen LogP contribution >= 0.6 is 11.6 Å². The van der Waals surface area contributed by atoms with Crippen molar-refractivity contribution in [2.24, 2.45) is 5.92 Å². The number of Topliss-reactive ketones (excluding diaryl/α,β-unsaturated/α-hetero) is 1. The summed E-state index contributed by atoms with van der Waals surface area (Å²) in [6, 6.07) is 13.9. The highest BCUT2D eigenvalue weighted by molar-refractivity contribution is 6.33. The molecule has 1 aromatic carbocycles. The van der Waals surface area contributed by atoms with Crippen molar-refractivity contribution >= 4 is 23.2 Å². The van der Waals surface area contributed by atoms with Crippen LogP contribution in [0.4, 0.5) is 10.2 Å². The number of nitrogens with one attached hydrogen (secondary N) is 2. The first-order valence-electron chi connectivity index (χ1n) is 10.4. The van der Waals surface area contributed by atoms with E-state index in [1.807, 2.05) is 30.3 Å². The summed E-state index contributed by atoms with van der Waals surface area (Å²) in [4.78, 5) is 21.6. The van der Waals surface area contributed by atoms with Crippen LogP contribution in [0.1, 0.15) is 24.1 Å². The van der Waals surface area contributed by atoms with E-state index in [0.29, 0.717) is 28.8 Å². The Kier molecular flexibility index (Phi) is 6.89. The second kappa shape index (κ2) is 9.98. The van der Waals surface area contributed by atoms with E-state index in [0.717, 1.165) is 37.1 Å². The molecular formula is C24H24ClFN4O. The van der Waals surface area contributed by atoms with Gasteiger partial charge in [0.2, 0.25) is 0 Å². The Morgan fingerprint density at radius 2 is 2.10 bits per heavy atom. The van der Waals surface area contributed by atoms with Crippen molar-refractivity contribution in [1.29, 1.82) is 0 Å². The molecule has 160 valence electrons. The Hall–Kier alpha value is -2.83. The summed E-state index contributed by atoms with van der Waals surface area (Å²) < 4.78 is 13.4. The SMILES string of the molecule is O=C(Cc1cc(-c2cccc(NCc3cccc(F)c3)n2)c(Cl)cn1)[C@@H]1CCCNC1. The monoisotopic (exact) mass is 438 g/mol. The molecular weight excluding hydrogens is 415 g/mol. The number of aromatic nitrogens is 2. The zero-order chi connectivity index (χ0) is 21.6. The number of benzene rings is 1. The quantitative estimate of drug-likeness (QED) is 0.561. The van der Waals surface area contributed by atoms with Gasteiger partial charge in [0.15, 0.2) is 0 Å². The molecule has 0 radical (unpaired) electrons. The van der Waals surface area contributed by atoms with Gasteiger partial charge in [0, 0.05) is 42.9 Å². The smallest absolute Gasteiger partial charge is 0.143 e. The highest BCUT2D eigenvalue weighted by atomic mass is 35.5. The topological polar surface area (TPSA) is 66.9 Å². The van der Waals surface area contributed by atoms with E-state index in [1.54, 1.807) is 12.3 Å². The number of ketones is 1.